The first-order chi connectivity index (χ1) is 11.0. The van der Waals surface area contributed by atoms with E-state index in [1.165, 1.54) is 0 Å². The second-order valence-corrected chi connectivity index (χ2v) is 6.70. The number of halogens is 1. The number of hydrogen-bond acceptors (Lipinski definition) is 4. The summed E-state index contributed by atoms with van der Waals surface area (Å²) in [4.78, 5) is 8.09. The smallest absolute Gasteiger partial charge is 0.141 e. The lowest BCUT2D eigenvalue weighted by Gasteiger charge is -2.02. The van der Waals surface area contributed by atoms with Crippen molar-refractivity contribution in [2.75, 3.05) is 0 Å². The number of rotatable bonds is 2. The molecule has 1 aromatic carbocycles. The Kier molecular flexibility index (Phi) is 3.26. The van der Waals surface area contributed by atoms with Gasteiger partial charge in [-0.15, -0.1) is 0 Å². The topological polar surface area (TPSA) is 72.5 Å². The fourth-order valence-electron chi connectivity index (χ4n) is 2.79. The highest BCUT2D eigenvalue weighted by Crippen LogP contribution is 2.32. The predicted octanol–water partition coefficient (Wildman–Crippen LogP) is 3.84. The largest absolute Gasteiger partial charge is 0.361 e. The minimum Gasteiger partial charge on any atom is -0.361 e. The van der Waals surface area contributed by atoms with E-state index in [1.807, 2.05) is 27.1 Å². The molecule has 4 rings (SSSR count). The minimum atomic E-state index is 0.821. The van der Waals surface area contributed by atoms with Crippen LogP contribution >= 0.6 is 22.6 Å². The number of nitrogens with one attached hydrogen (secondary N) is 1. The minimum absolute atomic E-state index is 0.821. The summed E-state index contributed by atoms with van der Waals surface area (Å²) in [6, 6.07) is 4.21. The summed E-state index contributed by atoms with van der Waals surface area (Å²) in [6.45, 7) is 3.89. The molecule has 3 aromatic heterocycles. The van der Waals surface area contributed by atoms with Gasteiger partial charge in [0.2, 0.25) is 0 Å². The van der Waals surface area contributed by atoms with E-state index in [0.717, 1.165) is 48.6 Å². The Labute approximate surface area is 146 Å². The average Bonchev–Trinajstić information content (AvgIpc) is 3.18. The lowest BCUT2D eigenvalue weighted by molar-refractivity contribution is 0.393. The third kappa shape index (κ3) is 2.35. The molecular weight excluding hydrogens is 405 g/mol. The molecule has 0 saturated heterocycles. The van der Waals surface area contributed by atoms with Gasteiger partial charge in [-0.25, -0.2) is 4.98 Å². The van der Waals surface area contributed by atoms with E-state index < -0.39 is 0 Å². The monoisotopic (exact) mass is 419 g/mol. The number of H-pyrrole nitrogens is 1. The molecule has 1 N–H and O–H groups in total. The highest BCUT2D eigenvalue weighted by molar-refractivity contribution is 14.1. The van der Waals surface area contributed by atoms with Gasteiger partial charge in [-0.1, -0.05) is 5.16 Å². The highest BCUT2D eigenvalue weighted by atomic mass is 127. The average molecular weight is 419 g/mol. The quantitative estimate of drug-likeness (QED) is 0.502. The summed E-state index contributed by atoms with van der Waals surface area (Å²) in [5.74, 6) is 1.64. The van der Waals surface area contributed by atoms with Crippen molar-refractivity contribution in [1.82, 2.24) is 24.9 Å². The van der Waals surface area contributed by atoms with Crippen LogP contribution in [0, 0.1) is 17.4 Å². The third-order valence-corrected chi connectivity index (χ3v) is 4.66. The molecule has 0 aliphatic carbocycles. The van der Waals surface area contributed by atoms with Gasteiger partial charge in [0, 0.05) is 22.4 Å². The summed E-state index contributed by atoms with van der Waals surface area (Å²) in [5.41, 5.74) is 5.94. The van der Waals surface area contributed by atoms with E-state index in [4.69, 9.17) is 9.51 Å². The Morgan fingerprint density at radius 1 is 1.22 bits per heavy atom. The number of aromatic amines is 1. The van der Waals surface area contributed by atoms with E-state index in [2.05, 4.69) is 50.0 Å². The standard InChI is InChI=1S/C16H14IN5O/c1-8-14(9(2)23-21-8)10-4-12(17)15-13(5-10)19-16(20-15)11-6-18-22(3)7-11/h4-7H,1-3H3,(H,19,20). The first-order valence-corrected chi connectivity index (χ1v) is 8.22. The lowest BCUT2D eigenvalue weighted by Crippen LogP contribution is -1.85. The molecule has 4 aromatic rings. The van der Waals surface area contributed by atoms with Crippen LogP contribution in [0.2, 0.25) is 0 Å². The van der Waals surface area contributed by atoms with Gasteiger partial charge in [0.1, 0.15) is 17.1 Å². The Balaban J connectivity index is 1.91. The molecule has 7 heteroatoms. The molecule has 0 aliphatic heterocycles. The summed E-state index contributed by atoms with van der Waals surface area (Å²) >= 11 is 2.32. The third-order valence-electron chi connectivity index (χ3n) is 3.84. The van der Waals surface area contributed by atoms with Crippen LogP contribution in [0.1, 0.15) is 11.5 Å². The zero-order valence-electron chi connectivity index (χ0n) is 12.9. The number of imidazole rings is 1. The molecule has 3 heterocycles. The Morgan fingerprint density at radius 3 is 2.70 bits per heavy atom. The van der Waals surface area contributed by atoms with Gasteiger partial charge >= 0.3 is 0 Å². The van der Waals surface area contributed by atoms with Crippen LogP contribution in [0.3, 0.4) is 0 Å². The van der Waals surface area contributed by atoms with Crippen LogP contribution in [0.5, 0.6) is 0 Å². The molecule has 0 unspecified atom stereocenters. The fourth-order valence-corrected chi connectivity index (χ4v) is 3.54. The fraction of sp³-hybridized carbons (Fsp3) is 0.188. The van der Waals surface area contributed by atoms with Gasteiger partial charge < -0.3 is 9.51 Å². The summed E-state index contributed by atoms with van der Waals surface area (Å²) in [5, 5.41) is 8.24. The Bertz CT molecular complexity index is 1010. The van der Waals surface area contributed by atoms with E-state index in [0.29, 0.717) is 0 Å². The SMILES string of the molecule is Cc1noc(C)c1-c1cc(I)c2nc(-c3cnn(C)c3)[nH]c2c1. The van der Waals surface area contributed by atoms with Gasteiger partial charge in [-0.3, -0.25) is 4.68 Å². The molecule has 0 atom stereocenters. The molecule has 0 amide bonds. The molecule has 0 bridgehead atoms. The maximum Gasteiger partial charge on any atom is 0.141 e. The molecule has 0 fully saturated rings. The number of fused-ring (bicyclic) bond motifs is 1. The zero-order valence-corrected chi connectivity index (χ0v) is 15.0. The Hall–Kier alpha value is -2.16. The molecular formula is C16H14IN5O. The van der Waals surface area contributed by atoms with Crippen LogP contribution < -0.4 is 0 Å². The van der Waals surface area contributed by atoms with Gasteiger partial charge in [0.05, 0.1) is 23.0 Å². The first kappa shape index (κ1) is 14.4. The van der Waals surface area contributed by atoms with Gasteiger partial charge in [-0.05, 0) is 54.1 Å². The van der Waals surface area contributed by atoms with E-state index in [-0.39, 0.29) is 0 Å². The molecule has 116 valence electrons. The maximum absolute atomic E-state index is 5.29. The van der Waals surface area contributed by atoms with Crippen molar-refractivity contribution in [3.8, 4) is 22.5 Å². The summed E-state index contributed by atoms with van der Waals surface area (Å²) in [7, 11) is 1.89. The van der Waals surface area contributed by atoms with Crippen molar-refractivity contribution >= 4 is 33.6 Å². The van der Waals surface area contributed by atoms with Crippen molar-refractivity contribution in [1.29, 1.82) is 0 Å². The first-order valence-electron chi connectivity index (χ1n) is 7.14. The van der Waals surface area contributed by atoms with Crippen molar-refractivity contribution in [3.63, 3.8) is 0 Å². The van der Waals surface area contributed by atoms with Crippen LogP contribution in [-0.2, 0) is 7.05 Å². The van der Waals surface area contributed by atoms with Crippen LogP contribution in [0.25, 0.3) is 33.5 Å². The molecule has 0 spiro atoms. The van der Waals surface area contributed by atoms with Gasteiger partial charge in [0.15, 0.2) is 0 Å². The number of hydrogen-bond donors (Lipinski definition) is 1. The molecule has 23 heavy (non-hydrogen) atoms. The number of aromatic nitrogens is 5. The normalized spacial score (nSPS) is 11.5. The van der Waals surface area contributed by atoms with Crippen molar-refractivity contribution in [2.24, 2.45) is 7.05 Å². The van der Waals surface area contributed by atoms with E-state index in [9.17, 15) is 0 Å². The zero-order chi connectivity index (χ0) is 16.1. The number of benzene rings is 1. The number of nitrogens with zero attached hydrogens (tertiary/aromatic N) is 4. The van der Waals surface area contributed by atoms with E-state index in [1.54, 1.807) is 10.9 Å². The summed E-state index contributed by atoms with van der Waals surface area (Å²) < 4.78 is 8.14. The Morgan fingerprint density at radius 2 is 2.04 bits per heavy atom. The highest BCUT2D eigenvalue weighted by Gasteiger charge is 2.16. The van der Waals surface area contributed by atoms with Gasteiger partial charge in [-0.2, -0.15) is 5.10 Å². The molecule has 0 aliphatic rings. The van der Waals surface area contributed by atoms with Crippen molar-refractivity contribution in [3.05, 3.63) is 39.6 Å². The number of aryl methyl sites for hydroxylation is 3. The second kappa shape index (κ2) is 5.19. The van der Waals surface area contributed by atoms with Crippen LogP contribution in [0.15, 0.2) is 29.0 Å². The van der Waals surface area contributed by atoms with Crippen molar-refractivity contribution < 1.29 is 4.52 Å². The van der Waals surface area contributed by atoms with Crippen molar-refractivity contribution in [2.45, 2.75) is 13.8 Å². The predicted molar refractivity (Wildman–Crippen MR) is 96.0 cm³/mol. The second-order valence-electron chi connectivity index (χ2n) is 5.54. The summed E-state index contributed by atoms with van der Waals surface area (Å²) in [6.07, 6.45) is 3.75. The van der Waals surface area contributed by atoms with Crippen LogP contribution in [-0.4, -0.2) is 24.9 Å². The van der Waals surface area contributed by atoms with Crippen LogP contribution in [0.4, 0.5) is 0 Å². The molecule has 6 nitrogen and oxygen atoms in total. The van der Waals surface area contributed by atoms with Gasteiger partial charge in [0.25, 0.3) is 0 Å². The molecule has 0 radical (unpaired) electrons. The maximum atomic E-state index is 5.29. The molecule has 0 saturated carbocycles. The lowest BCUT2D eigenvalue weighted by atomic mass is 10.0. The van der Waals surface area contributed by atoms with E-state index >= 15 is 0 Å².